The normalized spacial score (nSPS) is 17.9. The van der Waals surface area contributed by atoms with E-state index in [4.69, 9.17) is 4.74 Å². The second-order valence-corrected chi connectivity index (χ2v) is 6.76. The van der Waals surface area contributed by atoms with Crippen molar-refractivity contribution in [1.82, 2.24) is 9.80 Å². The molecule has 2 rings (SSSR count). The largest absolute Gasteiger partial charge is 0.492 e. The zero-order chi connectivity index (χ0) is 15.3. The van der Waals surface area contributed by atoms with Crippen LogP contribution in [0.5, 0.6) is 5.75 Å². The Kier molecular flexibility index (Phi) is 5.65. The third-order valence-corrected chi connectivity index (χ3v) is 4.79. The molecule has 1 aromatic rings. The van der Waals surface area contributed by atoms with E-state index < -0.39 is 0 Å². The van der Waals surface area contributed by atoms with Crippen LogP contribution in [-0.4, -0.2) is 56.2 Å². The average molecular weight is 290 g/mol. The minimum Gasteiger partial charge on any atom is -0.492 e. The molecule has 118 valence electrons. The molecule has 0 unspecified atom stereocenters. The Morgan fingerprint density at radius 1 is 1.05 bits per heavy atom. The van der Waals surface area contributed by atoms with Crippen LogP contribution in [0, 0.1) is 0 Å². The molecular formula is C18H30N2O. The summed E-state index contributed by atoms with van der Waals surface area (Å²) in [4.78, 5) is 4.86. The van der Waals surface area contributed by atoms with Gasteiger partial charge < -0.3 is 9.64 Å². The van der Waals surface area contributed by atoms with E-state index in [1.165, 1.54) is 18.7 Å². The van der Waals surface area contributed by atoms with Crippen molar-refractivity contribution in [2.24, 2.45) is 0 Å². The molecule has 0 aromatic heterocycles. The second-order valence-electron chi connectivity index (χ2n) is 6.76. The number of likely N-dealkylation sites (N-methyl/N-ethyl adjacent to an activating group) is 1. The summed E-state index contributed by atoms with van der Waals surface area (Å²) in [5.41, 5.74) is 1.63. The van der Waals surface area contributed by atoms with Crippen LogP contribution >= 0.6 is 0 Å². The van der Waals surface area contributed by atoms with Gasteiger partial charge in [0.05, 0.1) is 0 Å². The summed E-state index contributed by atoms with van der Waals surface area (Å²) in [5, 5.41) is 0. The highest BCUT2D eigenvalue weighted by molar-refractivity contribution is 5.31. The fourth-order valence-electron chi connectivity index (χ4n) is 2.57. The molecule has 0 spiro atoms. The van der Waals surface area contributed by atoms with Crippen LogP contribution in [0.2, 0.25) is 0 Å². The topological polar surface area (TPSA) is 15.7 Å². The van der Waals surface area contributed by atoms with Gasteiger partial charge in [0.2, 0.25) is 0 Å². The number of nitrogens with zero attached hydrogens (tertiary/aromatic N) is 2. The van der Waals surface area contributed by atoms with Gasteiger partial charge in [-0.2, -0.15) is 0 Å². The van der Waals surface area contributed by atoms with Gasteiger partial charge in [0.25, 0.3) is 0 Å². The zero-order valence-electron chi connectivity index (χ0n) is 14.1. The summed E-state index contributed by atoms with van der Waals surface area (Å²) in [6.45, 7) is 13.3. The molecule has 1 saturated heterocycles. The van der Waals surface area contributed by atoms with E-state index in [2.05, 4.69) is 61.9 Å². The van der Waals surface area contributed by atoms with Crippen molar-refractivity contribution in [1.29, 1.82) is 0 Å². The number of hydrogen-bond donors (Lipinski definition) is 0. The van der Waals surface area contributed by atoms with Crippen molar-refractivity contribution in [3.05, 3.63) is 29.8 Å². The number of piperazine rings is 1. The van der Waals surface area contributed by atoms with Gasteiger partial charge in [0, 0.05) is 32.7 Å². The third-order valence-electron chi connectivity index (χ3n) is 4.79. The predicted molar refractivity (Wildman–Crippen MR) is 89.2 cm³/mol. The van der Waals surface area contributed by atoms with Crippen LogP contribution in [0.15, 0.2) is 24.3 Å². The molecular weight excluding hydrogens is 260 g/mol. The van der Waals surface area contributed by atoms with Crippen molar-refractivity contribution in [3.63, 3.8) is 0 Å². The summed E-state index contributed by atoms with van der Waals surface area (Å²) in [6, 6.07) is 8.62. The molecule has 0 N–H and O–H groups in total. The zero-order valence-corrected chi connectivity index (χ0v) is 14.1. The summed E-state index contributed by atoms with van der Waals surface area (Å²) < 4.78 is 5.88. The van der Waals surface area contributed by atoms with E-state index in [0.717, 1.165) is 38.4 Å². The van der Waals surface area contributed by atoms with Gasteiger partial charge in [-0.25, -0.2) is 0 Å². The molecule has 1 aliphatic heterocycles. The Labute approximate surface area is 129 Å². The van der Waals surface area contributed by atoms with E-state index in [-0.39, 0.29) is 5.41 Å². The number of hydrogen-bond acceptors (Lipinski definition) is 3. The monoisotopic (exact) mass is 290 g/mol. The Bertz CT molecular complexity index is 419. The van der Waals surface area contributed by atoms with Crippen LogP contribution in [0.4, 0.5) is 0 Å². The molecule has 0 radical (unpaired) electrons. The van der Waals surface area contributed by atoms with Crippen molar-refractivity contribution in [2.45, 2.75) is 32.6 Å². The maximum atomic E-state index is 5.88. The van der Waals surface area contributed by atoms with Crippen molar-refractivity contribution < 1.29 is 4.74 Å². The van der Waals surface area contributed by atoms with Crippen LogP contribution in [0.25, 0.3) is 0 Å². The van der Waals surface area contributed by atoms with Gasteiger partial charge in [0.1, 0.15) is 12.4 Å². The Balaban J connectivity index is 1.76. The van der Waals surface area contributed by atoms with Gasteiger partial charge in [-0.15, -0.1) is 0 Å². The molecule has 0 aliphatic carbocycles. The van der Waals surface area contributed by atoms with Crippen LogP contribution < -0.4 is 4.74 Å². The minimum absolute atomic E-state index is 0.248. The Hall–Kier alpha value is -1.06. The highest BCUT2D eigenvalue weighted by Gasteiger charge is 2.17. The number of ether oxygens (including phenoxy) is 1. The van der Waals surface area contributed by atoms with Crippen molar-refractivity contribution >= 4 is 0 Å². The Morgan fingerprint density at radius 3 is 2.24 bits per heavy atom. The van der Waals surface area contributed by atoms with Gasteiger partial charge in [-0.3, -0.25) is 4.90 Å². The smallest absolute Gasteiger partial charge is 0.119 e. The first kappa shape index (κ1) is 16.3. The standard InChI is InChI=1S/C18H30N2O/c1-5-18(2,3)16-6-8-17(9-7-16)21-15-14-20-12-10-19(4)11-13-20/h6-9H,5,10-15H2,1-4H3. The van der Waals surface area contributed by atoms with E-state index >= 15 is 0 Å². The highest BCUT2D eigenvalue weighted by Crippen LogP contribution is 2.27. The molecule has 21 heavy (non-hydrogen) atoms. The van der Waals surface area contributed by atoms with Crippen LogP contribution in [0.1, 0.15) is 32.8 Å². The first-order chi connectivity index (χ1) is 10.0. The summed E-state index contributed by atoms with van der Waals surface area (Å²) in [6.07, 6.45) is 1.15. The second kappa shape index (κ2) is 7.28. The first-order valence-electron chi connectivity index (χ1n) is 8.15. The third kappa shape index (κ3) is 4.72. The van der Waals surface area contributed by atoms with Crippen molar-refractivity contribution in [3.8, 4) is 5.75 Å². The molecule has 1 aromatic carbocycles. The fraction of sp³-hybridized carbons (Fsp3) is 0.667. The van der Waals surface area contributed by atoms with Gasteiger partial charge in [0.15, 0.2) is 0 Å². The lowest BCUT2D eigenvalue weighted by Crippen LogP contribution is -2.45. The summed E-state index contributed by atoms with van der Waals surface area (Å²) in [7, 11) is 2.19. The van der Waals surface area contributed by atoms with Crippen molar-refractivity contribution in [2.75, 3.05) is 46.4 Å². The molecule has 0 saturated carbocycles. The highest BCUT2D eigenvalue weighted by atomic mass is 16.5. The fourth-order valence-corrected chi connectivity index (χ4v) is 2.57. The summed E-state index contributed by atoms with van der Waals surface area (Å²) >= 11 is 0. The predicted octanol–water partition coefficient (Wildman–Crippen LogP) is 3.00. The van der Waals surface area contributed by atoms with Crippen LogP contribution in [-0.2, 0) is 5.41 Å². The van der Waals surface area contributed by atoms with E-state index in [0.29, 0.717) is 0 Å². The molecule has 0 amide bonds. The maximum absolute atomic E-state index is 5.88. The lowest BCUT2D eigenvalue weighted by molar-refractivity contribution is 0.133. The minimum atomic E-state index is 0.248. The van der Waals surface area contributed by atoms with Gasteiger partial charge >= 0.3 is 0 Å². The maximum Gasteiger partial charge on any atom is 0.119 e. The lowest BCUT2D eigenvalue weighted by Gasteiger charge is -2.32. The molecule has 3 nitrogen and oxygen atoms in total. The van der Waals surface area contributed by atoms with Gasteiger partial charge in [-0.1, -0.05) is 32.9 Å². The van der Waals surface area contributed by atoms with E-state index in [1.807, 2.05) is 0 Å². The molecule has 1 heterocycles. The molecule has 0 atom stereocenters. The van der Waals surface area contributed by atoms with Gasteiger partial charge in [-0.05, 0) is 36.6 Å². The molecule has 1 aliphatic rings. The lowest BCUT2D eigenvalue weighted by atomic mass is 9.82. The van der Waals surface area contributed by atoms with E-state index in [9.17, 15) is 0 Å². The quantitative estimate of drug-likeness (QED) is 0.801. The molecule has 3 heteroatoms. The van der Waals surface area contributed by atoms with Crippen LogP contribution in [0.3, 0.4) is 0 Å². The molecule has 0 bridgehead atoms. The Morgan fingerprint density at radius 2 is 1.67 bits per heavy atom. The summed E-state index contributed by atoms with van der Waals surface area (Å²) in [5.74, 6) is 0.986. The van der Waals surface area contributed by atoms with E-state index in [1.54, 1.807) is 0 Å². The SMILES string of the molecule is CCC(C)(C)c1ccc(OCCN2CCN(C)CC2)cc1. The number of rotatable bonds is 6. The number of benzene rings is 1. The first-order valence-corrected chi connectivity index (χ1v) is 8.15. The average Bonchev–Trinajstić information content (AvgIpc) is 2.50. The molecule has 1 fully saturated rings.